The van der Waals surface area contributed by atoms with Gasteiger partial charge in [-0.25, -0.2) is 0 Å². The van der Waals surface area contributed by atoms with E-state index in [1.807, 2.05) is 49.4 Å². The molecule has 5 heteroatoms. The van der Waals surface area contributed by atoms with Crippen molar-refractivity contribution in [1.29, 1.82) is 0 Å². The minimum absolute atomic E-state index is 0.142. The summed E-state index contributed by atoms with van der Waals surface area (Å²) in [5.41, 5.74) is 3.16. The maximum absolute atomic E-state index is 12.8. The molecular weight excluding hydrogens is 388 g/mol. The number of hydrogen-bond acceptors (Lipinski definition) is 4. The van der Waals surface area contributed by atoms with Gasteiger partial charge in [-0.1, -0.05) is 35.9 Å². The fourth-order valence-electron chi connectivity index (χ4n) is 3.24. The van der Waals surface area contributed by atoms with Crippen molar-refractivity contribution >= 4 is 23.5 Å². The highest BCUT2D eigenvalue weighted by Crippen LogP contribution is 2.37. The number of rotatable bonds is 5. The van der Waals surface area contributed by atoms with Crippen molar-refractivity contribution in [2.45, 2.75) is 13.5 Å². The Bertz CT molecular complexity index is 1120. The van der Waals surface area contributed by atoms with Crippen LogP contribution in [0.1, 0.15) is 27.0 Å². The first-order valence-electron chi connectivity index (χ1n) is 9.13. The molecule has 0 saturated carbocycles. The van der Waals surface area contributed by atoms with Gasteiger partial charge in [-0.15, -0.1) is 0 Å². The standard InChI is InChI=1S/C24H19ClO4/c1-15-9-20(28-14-17-6-4-8-19(11-17)27-2)13-21-23(15)24(26)22(29-21)12-16-5-3-7-18(25)10-16/h3-13H,14H2,1-2H3/b22-12-. The number of hydrogen-bond donors (Lipinski definition) is 0. The monoisotopic (exact) mass is 406 g/mol. The molecule has 0 N–H and O–H groups in total. The van der Waals surface area contributed by atoms with Crippen molar-refractivity contribution < 1.29 is 19.0 Å². The number of allylic oxidation sites excluding steroid dienone is 1. The second-order valence-corrected chi connectivity index (χ2v) is 7.18. The van der Waals surface area contributed by atoms with E-state index in [9.17, 15) is 4.79 Å². The summed E-state index contributed by atoms with van der Waals surface area (Å²) in [5, 5.41) is 0.603. The molecule has 0 unspecified atom stereocenters. The molecule has 4 rings (SSSR count). The van der Waals surface area contributed by atoms with E-state index in [1.165, 1.54) is 0 Å². The number of fused-ring (bicyclic) bond motifs is 1. The van der Waals surface area contributed by atoms with Crippen molar-refractivity contribution in [3.05, 3.63) is 93.7 Å². The van der Waals surface area contributed by atoms with Crippen LogP contribution in [-0.4, -0.2) is 12.9 Å². The highest BCUT2D eigenvalue weighted by Gasteiger charge is 2.30. The van der Waals surface area contributed by atoms with Gasteiger partial charge in [0.25, 0.3) is 0 Å². The summed E-state index contributed by atoms with van der Waals surface area (Å²) in [6.07, 6.45) is 1.70. The first-order chi connectivity index (χ1) is 14.0. The van der Waals surface area contributed by atoms with Crippen molar-refractivity contribution in [3.8, 4) is 17.2 Å². The van der Waals surface area contributed by atoms with Crippen LogP contribution in [-0.2, 0) is 6.61 Å². The van der Waals surface area contributed by atoms with Gasteiger partial charge < -0.3 is 14.2 Å². The molecule has 0 aromatic heterocycles. The first kappa shape index (κ1) is 19.1. The normalized spacial score (nSPS) is 13.9. The molecule has 3 aromatic carbocycles. The molecule has 4 nitrogen and oxygen atoms in total. The molecule has 0 fully saturated rings. The van der Waals surface area contributed by atoms with Gasteiger partial charge >= 0.3 is 0 Å². The molecule has 0 radical (unpaired) electrons. The Kier molecular flexibility index (Phi) is 5.28. The fourth-order valence-corrected chi connectivity index (χ4v) is 3.44. The van der Waals surface area contributed by atoms with Gasteiger partial charge in [0.1, 0.15) is 23.9 Å². The Balaban J connectivity index is 1.56. The molecule has 146 valence electrons. The largest absolute Gasteiger partial charge is 0.497 e. The van der Waals surface area contributed by atoms with Crippen molar-refractivity contribution in [1.82, 2.24) is 0 Å². The molecule has 0 bridgehead atoms. The summed E-state index contributed by atoms with van der Waals surface area (Å²) >= 11 is 6.03. The van der Waals surface area contributed by atoms with E-state index in [0.29, 0.717) is 28.7 Å². The van der Waals surface area contributed by atoms with Gasteiger partial charge in [0.05, 0.1) is 12.7 Å². The predicted molar refractivity (Wildman–Crippen MR) is 113 cm³/mol. The topological polar surface area (TPSA) is 44.8 Å². The second-order valence-electron chi connectivity index (χ2n) is 6.75. The molecule has 29 heavy (non-hydrogen) atoms. The smallest absolute Gasteiger partial charge is 0.232 e. The lowest BCUT2D eigenvalue weighted by Gasteiger charge is -2.10. The highest BCUT2D eigenvalue weighted by atomic mass is 35.5. The molecule has 1 aliphatic rings. The van der Waals surface area contributed by atoms with Crippen LogP contribution >= 0.6 is 11.6 Å². The van der Waals surface area contributed by atoms with Crippen molar-refractivity contribution in [3.63, 3.8) is 0 Å². The minimum atomic E-state index is -0.142. The second kappa shape index (κ2) is 8.02. The van der Waals surface area contributed by atoms with Crippen LogP contribution in [0.3, 0.4) is 0 Å². The fraction of sp³-hybridized carbons (Fsp3) is 0.125. The number of ether oxygens (including phenoxy) is 3. The number of halogens is 1. The molecule has 1 heterocycles. The Morgan fingerprint density at radius 2 is 1.86 bits per heavy atom. The lowest BCUT2D eigenvalue weighted by Crippen LogP contribution is -2.00. The third-order valence-corrected chi connectivity index (χ3v) is 4.86. The average molecular weight is 407 g/mol. The Morgan fingerprint density at radius 3 is 2.66 bits per heavy atom. The van der Waals surface area contributed by atoms with E-state index in [1.54, 1.807) is 31.4 Å². The Hall–Kier alpha value is -3.24. The predicted octanol–water partition coefficient (Wildman–Crippen LogP) is 5.85. The van der Waals surface area contributed by atoms with Crippen molar-refractivity contribution in [2.75, 3.05) is 7.11 Å². The van der Waals surface area contributed by atoms with Crippen LogP contribution in [0, 0.1) is 6.92 Å². The summed E-state index contributed by atoms with van der Waals surface area (Å²) in [5.74, 6) is 2.05. The minimum Gasteiger partial charge on any atom is -0.497 e. The molecule has 1 aliphatic heterocycles. The van der Waals surface area contributed by atoms with Gasteiger partial charge in [-0.05, 0) is 60.0 Å². The third kappa shape index (κ3) is 4.13. The average Bonchev–Trinajstić information content (AvgIpc) is 3.02. The van der Waals surface area contributed by atoms with Crippen LogP contribution in [0.5, 0.6) is 17.2 Å². The Morgan fingerprint density at radius 1 is 1.03 bits per heavy atom. The number of carbonyl (C=O) groups is 1. The SMILES string of the molecule is COc1cccc(COc2cc(C)c3c(c2)O/C(=C\c2cccc(Cl)c2)C3=O)c1. The lowest BCUT2D eigenvalue weighted by molar-refractivity contribution is 0.101. The summed E-state index contributed by atoms with van der Waals surface area (Å²) in [6.45, 7) is 2.26. The summed E-state index contributed by atoms with van der Waals surface area (Å²) in [6, 6.07) is 18.6. The van der Waals surface area contributed by atoms with Gasteiger partial charge in [0.15, 0.2) is 5.76 Å². The summed E-state index contributed by atoms with van der Waals surface area (Å²) in [7, 11) is 1.63. The first-order valence-corrected chi connectivity index (χ1v) is 9.51. The van der Waals surface area contributed by atoms with E-state index < -0.39 is 0 Å². The van der Waals surface area contributed by atoms with E-state index in [0.717, 1.165) is 22.4 Å². The van der Waals surface area contributed by atoms with E-state index in [4.69, 9.17) is 25.8 Å². The summed E-state index contributed by atoms with van der Waals surface area (Å²) in [4.78, 5) is 12.8. The van der Waals surface area contributed by atoms with E-state index in [2.05, 4.69) is 0 Å². The molecule has 3 aromatic rings. The molecule has 0 atom stereocenters. The third-order valence-electron chi connectivity index (χ3n) is 4.63. The zero-order valence-corrected chi connectivity index (χ0v) is 16.8. The number of benzene rings is 3. The number of Topliss-reactive ketones (excluding diaryl/α,β-unsaturated/α-hetero) is 1. The van der Waals surface area contributed by atoms with E-state index in [-0.39, 0.29) is 11.5 Å². The molecule has 0 amide bonds. The Labute approximate surface area is 174 Å². The van der Waals surface area contributed by atoms with Crippen LogP contribution in [0.2, 0.25) is 5.02 Å². The van der Waals surface area contributed by atoms with Crippen LogP contribution in [0.15, 0.2) is 66.4 Å². The zero-order valence-electron chi connectivity index (χ0n) is 16.1. The van der Waals surface area contributed by atoms with Gasteiger partial charge in [0, 0.05) is 11.1 Å². The number of carbonyl (C=O) groups excluding carboxylic acids is 1. The van der Waals surface area contributed by atoms with E-state index >= 15 is 0 Å². The molecule has 0 saturated heterocycles. The molecule has 0 spiro atoms. The maximum Gasteiger partial charge on any atom is 0.232 e. The number of ketones is 1. The zero-order chi connectivity index (χ0) is 20.4. The lowest BCUT2D eigenvalue weighted by atomic mass is 10.0. The van der Waals surface area contributed by atoms with Gasteiger partial charge in [0.2, 0.25) is 5.78 Å². The van der Waals surface area contributed by atoms with Gasteiger partial charge in [-0.3, -0.25) is 4.79 Å². The maximum atomic E-state index is 12.8. The number of methoxy groups -OCH3 is 1. The highest BCUT2D eigenvalue weighted by molar-refractivity contribution is 6.30. The number of aryl methyl sites for hydroxylation is 1. The molecule has 0 aliphatic carbocycles. The van der Waals surface area contributed by atoms with Crippen LogP contribution < -0.4 is 14.2 Å². The van der Waals surface area contributed by atoms with Gasteiger partial charge in [-0.2, -0.15) is 0 Å². The van der Waals surface area contributed by atoms with Crippen LogP contribution in [0.25, 0.3) is 6.08 Å². The van der Waals surface area contributed by atoms with Crippen LogP contribution in [0.4, 0.5) is 0 Å². The van der Waals surface area contributed by atoms with Crippen molar-refractivity contribution in [2.24, 2.45) is 0 Å². The molecular formula is C24H19ClO4. The summed E-state index contributed by atoms with van der Waals surface area (Å²) < 4.78 is 17.0. The quantitative estimate of drug-likeness (QED) is 0.498.